The number of carbonyl (C=O) groups excluding carboxylic acids is 1. The Morgan fingerprint density at radius 1 is 1.24 bits per heavy atom. The predicted octanol–water partition coefficient (Wildman–Crippen LogP) is 2.87. The van der Waals surface area contributed by atoms with Crippen molar-refractivity contribution < 1.29 is 9.18 Å². The molecule has 2 rings (SSSR count). The van der Waals surface area contributed by atoms with E-state index in [-0.39, 0.29) is 42.2 Å². The normalized spacial score (nSPS) is 15.2. The monoisotopic (exact) mass is 462 g/mol. The Labute approximate surface area is 166 Å². The molecule has 5 nitrogen and oxygen atoms in total. The molecule has 0 unspecified atom stereocenters. The summed E-state index contributed by atoms with van der Waals surface area (Å²) in [6, 6.07) is 5.43. The fourth-order valence-electron chi connectivity index (χ4n) is 2.84. The highest BCUT2D eigenvalue weighted by Crippen LogP contribution is 2.17. The maximum Gasteiger partial charge on any atom is 0.239 e. The third-order valence-corrected chi connectivity index (χ3v) is 4.31. The predicted molar refractivity (Wildman–Crippen MR) is 110 cm³/mol. The maximum atomic E-state index is 13.5. The number of rotatable bonds is 5. The van der Waals surface area contributed by atoms with Crippen molar-refractivity contribution in [3.63, 3.8) is 0 Å². The van der Waals surface area contributed by atoms with Crippen molar-refractivity contribution in [1.82, 2.24) is 16.0 Å². The van der Waals surface area contributed by atoms with Crippen LogP contribution in [0.4, 0.5) is 4.39 Å². The lowest BCUT2D eigenvalue weighted by atomic mass is 9.95. The molecule has 0 aliphatic heterocycles. The molecule has 0 radical (unpaired) electrons. The summed E-state index contributed by atoms with van der Waals surface area (Å²) in [5, 5.41) is 9.12. The molecule has 1 aliphatic rings. The number of amides is 1. The van der Waals surface area contributed by atoms with Gasteiger partial charge in [-0.15, -0.1) is 24.0 Å². The van der Waals surface area contributed by atoms with Gasteiger partial charge in [0.15, 0.2) is 5.96 Å². The summed E-state index contributed by atoms with van der Waals surface area (Å²) < 4.78 is 13.5. The number of halogens is 2. The van der Waals surface area contributed by atoms with Crippen LogP contribution in [-0.2, 0) is 11.3 Å². The molecule has 140 valence electrons. The second kappa shape index (κ2) is 11.3. The van der Waals surface area contributed by atoms with Gasteiger partial charge in [-0.3, -0.25) is 9.79 Å². The van der Waals surface area contributed by atoms with Crippen LogP contribution in [-0.4, -0.2) is 31.5 Å². The van der Waals surface area contributed by atoms with E-state index in [1.807, 2.05) is 6.07 Å². The van der Waals surface area contributed by atoms with E-state index in [1.165, 1.54) is 25.3 Å². The van der Waals surface area contributed by atoms with Gasteiger partial charge in [0.05, 0.1) is 6.54 Å². The zero-order valence-electron chi connectivity index (χ0n) is 14.9. The summed E-state index contributed by atoms with van der Waals surface area (Å²) >= 11 is 0. The highest BCUT2D eigenvalue weighted by Gasteiger charge is 2.15. The Bertz CT molecular complexity index is 588. The van der Waals surface area contributed by atoms with Crippen molar-refractivity contribution in [3.8, 4) is 0 Å². The summed E-state index contributed by atoms with van der Waals surface area (Å²) in [4.78, 5) is 16.1. The zero-order chi connectivity index (χ0) is 17.4. The van der Waals surface area contributed by atoms with E-state index in [2.05, 4.69) is 20.9 Å². The molecule has 0 spiro atoms. The Morgan fingerprint density at radius 2 is 1.96 bits per heavy atom. The van der Waals surface area contributed by atoms with E-state index < -0.39 is 0 Å². The molecule has 0 heterocycles. The number of aryl methyl sites for hydroxylation is 1. The molecule has 1 saturated carbocycles. The number of nitrogens with zero attached hydrogens (tertiary/aromatic N) is 1. The van der Waals surface area contributed by atoms with Gasteiger partial charge in [0.2, 0.25) is 5.91 Å². The number of aliphatic imine (C=N–C) groups is 1. The molecule has 3 N–H and O–H groups in total. The second-order valence-corrected chi connectivity index (χ2v) is 6.27. The van der Waals surface area contributed by atoms with Crippen LogP contribution >= 0.6 is 24.0 Å². The summed E-state index contributed by atoms with van der Waals surface area (Å²) in [6.45, 7) is 2.36. The number of hydrogen-bond donors (Lipinski definition) is 3. The van der Waals surface area contributed by atoms with Gasteiger partial charge in [0.1, 0.15) is 5.82 Å². The van der Waals surface area contributed by atoms with Gasteiger partial charge >= 0.3 is 0 Å². The van der Waals surface area contributed by atoms with Crippen LogP contribution in [0.3, 0.4) is 0 Å². The highest BCUT2D eigenvalue weighted by atomic mass is 127. The first kappa shape index (κ1) is 21.7. The minimum absolute atomic E-state index is 0. The molecular weight excluding hydrogens is 434 g/mol. The summed E-state index contributed by atoms with van der Waals surface area (Å²) in [6.07, 6.45) is 5.78. The molecule has 25 heavy (non-hydrogen) atoms. The first-order valence-electron chi connectivity index (χ1n) is 8.57. The molecule has 1 aliphatic carbocycles. The number of carbonyl (C=O) groups is 1. The van der Waals surface area contributed by atoms with Crippen LogP contribution in [0.2, 0.25) is 0 Å². The van der Waals surface area contributed by atoms with Crippen LogP contribution in [0.5, 0.6) is 0 Å². The van der Waals surface area contributed by atoms with Crippen LogP contribution < -0.4 is 16.0 Å². The summed E-state index contributed by atoms with van der Waals surface area (Å²) in [5.41, 5.74) is 1.45. The van der Waals surface area contributed by atoms with Crippen molar-refractivity contribution in [3.05, 3.63) is 35.1 Å². The Morgan fingerprint density at radius 3 is 2.60 bits per heavy atom. The largest absolute Gasteiger partial charge is 0.352 e. The van der Waals surface area contributed by atoms with E-state index in [4.69, 9.17) is 0 Å². The van der Waals surface area contributed by atoms with Gasteiger partial charge in [-0.25, -0.2) is 4.39 Å². The van der Waals surface area contributed by atoms with Gasteiger partial charge in [-0.2, -0.15) is 0 Å². The number of benzene rings is 1. The van der Waals surface area contributed by atoms with E-state index >= 15 is 0 Å². The molecular formula is C18H28FIN4O. The molecule has 0 atom stereocenters. The minimum Gasteiger partial charge on any atom is -0.352 e. The van der Waals surface area contributed by atoms with Crippen LogP contribution in [0, 0.1) is 12.7 Å². The van der Waals surface area contributed by atoms with Crippen molar-refractivity contribution >= 4 is 35.8 Å². The number of guanidine groups is 1. The summed E-state index contributed by atoms with van der Waals surface area (Å²) in [7, 11) is 1.64. The van der Waals surface area contributed by atoms with Gasteiger partial charge in [-0.1, -0.05) is 31.4 Å². The van der Waals surface area contributed by atoms with E-state index in [0.717, 1.165) is 18.4 Å². The van der Waals surface area contributed by atoms with Gasteiger partial charge < -0.3 is 16.0 Å². The molecule has 0 saturated heterocycles. The Balaban J connectivity index is 0.00000312. The maximum absolute atomic E-state index is 13.5. The molecule has 1 amide bonds. The second-order valence-electron chi connectivity index (χ2n) is 6.27. The van der Waals surface area contributed by atoms with Crippen molar-refractivity contribution in [1.29, 1.82) is 0 Å². The third kappa shape index (κ3) is 7.58. The van der Waals surface area contributed by atoms with E-state index in [1.54, 1.807) is 20.0 Å². The fraction of sp³-hybridized carbons (Fsp3) is 0.556. The van der Waals surface area contributed by atoms with Crippen LogP contribution in [0.15, 0.2) is 23.2 Å². The molecule has 7 heteroatoms. The lowest BCUT2D eigenvalue weighted by Gasteiger charge is -2.23. The zero-order valence-corrected chi connectivity index (χ0v) is 17.2. The first-order valence-corrected chi connectivity index (χ1v) is 8.57. The fourth-order valence-corrected chi connectivity index (χ4v) is 2.84. The van der Waals surface area contributed by atoms with Crippen LogP contribution in [0.1, 0.15) is 43.2 Å². The average molecular weight is 462 g/mol. The van der Waals surface area contributed by atoms with Crippen molar-refractivity contribution in [2.75, 3.05) is 13.6 Å². The standard InChI is InChI=1S/C18H27FN4O.HI/c1-13-8-9-14(10-16(13)19)11-21-18(20-2)22-12-17(24)23-15-6-4-3-5-7-15;/h8-10,15H,3-7,11-12H2,1-2H3,(H,23,24)(H2,20,21,22);1H. The SMILES string of the molecule is CN=C(NCC(=O)NC1CCCCC1)NCc1ccc(C)c(F)c1.I. The lowest BCUT2D eigenvalue weighted by Crippen LogP contribution is -2.45. The minimum atomic E-state index is -0.218. The summed E-state index contributed by atoms with van der Waals surface area (Å²) in [5.74, 6) is 0.283. The Hall–Kier alpha value is -1.38. The van der Waals surface area contributed by atoms with Crippen LogP contribution in [0.25, 0.3) is 0 Å². The number of hydrogen-bond acceptors (Lipinski definition) is 2. The van der Waals surface area contributed by atoms with Crippen molar-refractivity contribution in [2.24, 2.45) is 4.99 Å². The van der Waals surface area contributed by atoms with Crippen molar-refractivity contribution in [2.45, 2.75) is 51.6 Å². The van der Waals surface area contributed by atoms with Gasteiger partial charge in [0, 0.05) is 19.6 Å². The first-order chi connectivity index (χ1) is 11.6. The van der Waals surface area contributed by atoms with Gasteiger partial charge in [-0.05, 0) is 37.0 Å². The third-order valence-electron chi connectivity index (χ3n) is 4.31. The molecule has 1 fully saturated rings. The van der Waals surface area contributed by atoms with E-state index in [0.29, 0.717) is 24.1 Å². The topological polar surface area (TPSA) is 65.5 Å². The highest BCUT2D eigenvalue weighted by molar-refractivity contribution is 14.0. The van der Waals surface area contributed by atoms with Gasteiger partial charge in [0.25, 0.3) is 0 Å². The lowest BCUT2D eigenvalue weighted by molar-refractivity contribution is -0.120. The molecule has 1 aromatic rings. The molecule has 0 aromatic heterocycles. The smallest absolute Gasteiger partial charge is 0.239 e. The molecule has 0 bridgehead atoms. The number of nitrogens with one attached hydrogen (secondary N) is 3. The Kier molecular flexibility index (Phi) is 9.77. The molecule has 1 aromatic carbocycles. The quantitative estimate of drug-likeness (QED) is 0.358. The van der Waals surface area contributed by atoms with E-state index in [9.17, 15) is 9.18 Å². The average Bonchev–Trinajstić information content (AvgIpc) is 2.59.